The molecule has 0 aliphatic carbocycles. The number of thioether (sulfide) groups is 1. The number of aromatic amines is 1. The topological polar surface area (TPSA) is 79.9 Å². The van der Waals surface area contributed by atoms with Crippen molar-refractivity contribution in [3.63, 3.8) is 0 Å². The molecule has 0 saturated heterocycles. The number of hydrogen-bond donors (Lipinski definition) is 2. The predicted octanol–water partition coefficient (Wildman–Crippen LogP) is 4.42. The van der Waals surface area contributed by atoms with Crippen LogP contribution in [0.2, 0.25) is 10.0 Å². The van der Waals surface area contributed by atoms with Gasteiger partial charge in [-0.15, -0.1) is 5.10 Å². The summed E-state index contributed by atoms with van der Waals surface area (Å²) in [6.07, 6.45) is 0. The number of para-hydroxylation sites is 1. The summed E-state index contributed by atoms with van der Waals surface area (Å²) in [7, 11) is 0. The molecular formula is C17H14Cl2N4O2S. The molecule has 134 valence electrons. The first-order valence-electron chi connectivity index (χ1n) is 7.57. The molecule has 0 saturated carbocycles. The maximum atomic E-state index is 12.0. The van der Waals surface area contributed by atoms with Gasteiger partial charge in [0.2, 0.25) is 11.1 Å². The van der Waals surface area contributed by atoms with Gasteiger partial charge in [0.1, 0.15) is 12.4 Å². The Morgan fingerprint density at radius 1 is 1.15 bits per heavy atom. The average Bonchev–Trinajstić information content (AvgIpc) is 3.10. The lowest BCUT2D eigenvalue weighted by molar-refractivity contribution is -0.113. The van der Waals surface area contributed by atoms with E-state index in [4.69, 9.17) is 27.9 Å². The Morgan fingerprint density at radius 3 is 2.73 bits per heavy atom. The number of rotatable bonds is 7. The van der Waals surface area contributed by atoms with Crippen molar-refractivity contribution in [2.75, 3.05) is 11.1 Å². The monoisotopic (exact) mass is 408 g/mol. The zero-order chi connectivity index (χ0) is 18.4. The number of carbonyl (C=O) groups is 1. The summed E-state index contributed by atoms with van der Waals surface area (Å²) in [5.41, 5.74) is 0.580. The van der Waals surface area contributed by atoms with E-state index in [9.17, 15) is 4.79 Å². The van der Waals surface area contributed by atoms with Crippen LogP contribution in [0.4, 0.5) is 5.69 Å². The number of H-pyrrole nitrogens is 1. The Hall–Kier alpha value is -2.22. The van der Waals surface area contributed by atoms with Gasteiger partial charge in [-0.05, 0) is 30.3 Å². The zero-order valence-electron chi connectivity index (χ0n) is 13.4. The zero-order valence-corrected chi connectivity index (χ0v) is 15.7. The first-order chi connectivity index (χ1) is 12.6. The lowest BCUT2D eigenvalue weighted by Gasteiger charge is -2.05. The summed E-state index contributed by atoms with van der Waals surface area (Å²) in [4.78, 5) is 16.3. The van der Waals surface area contributed by atoms with Crippen molar-refractivity contribution in [3.05, 3.63) is 64.4 Å². The van der Waals surface area contributed by atoms with Crippen LogP contribution in [0, 0.1) is 0 Å². The highest BCUT2D eigenvalue weighted by Gasteiger charge is 2.09. The van der Waals surface area contributed by atoms with E-state index in [2.05, 4.69) is 20.5 Å². The predicted molar refractivity (Wildman–Crippen MR) is 103 cm³/mol. The second kappa shape index (κ2) is 8.93. The standard InChI is InChI=1S/C17H14Cl2N4O2S/c18-13-7-6-11(8-14(13)19)20-16(24)10-26-17-21-15(22-23-17)9-25-12-4-2-1-3-5-12/h1-8H,9-10H2,(H,20,24)(H,21,22,23). The number of hydrogen-bond acceptors (Lipinski definition) is 5. The van der Waals surface area contributed by atoms with Crippen molar-refractivity contribution in [1.82, 2.24) is 15.2 Å². The van der Waals surface area contributed by atoms with E-state index in [0.717, 1.165) is 5.75 Å². The van der Waals surface area contributed by atoms with Crippen LogP contribution in [0.5, 0.6) is 5.75 Å². The van der Waals surface area contributed by atoms with Crippen LogP contribution in [0.1, 0.15) is 5.82 Å². The smallest absolute Gasteiger partial charge is 0.234 e. The van der Waals surface area contributed by atoms with Gasteiger partial charge in [0.05, 0.1) is 15.8 Å². The maximum Gasteiger partial charge on any atom is 0.234 e. The molecule has 1 aromatic heterocycles. The van der Waals surface area contributed by atoms with Crippen LogP contribution in [-0.2, 0) is 11.4 Å². The molecule has 0 fully saturated rings. The molecule has 3 aromatic rings. The first kappa shape index (κ1) is 18.6. The largest absolute Gasteiger partial charge is 0.486 e. The van der Waals surface area contributed by atoms with E-state index >= 15 is 0 Å². The number of halogens is 2. The molecule has 9 heteroatoms. The van der Waals surface area contributed by atoms with Crippen LogP contribution < -0.4 is 10.1 Å². The molecule has 0 spiro atoms. The average molecular weight is 409 g/mol. The highest BCUT2D eigenvalue weighted by molar-refractivity contribution is 7.99. The van der Waals surface area contributed by atoms with Crippen LogP contribution in [0.25, 0.3) is 0 Å². The van der Waals surface area contributed by atoms with Gasteiger partial charge >= 0.3 is 0 Å². The molecule has 26 heavy (non-hydrogen) atoms. The van der Waals surface area contributed by atoms with Gasteiger partial charge in [0.25, 0.3) is 0 Å². The number of ether oxygens (including phenoxy) is 1. The van der Waals surface area contributed by atoms with Gasteiger partial charge in [-0.3, -0.25) is 9.89 Å². The number of aromatic nitrogens is 3. The SMILES string of the molecule is O=C(CSc1n[nH]c(COc2ccccc2)n1)Nc1ccc(Cl)c(Cl)c1. The lowest BCUT2D eigenvalue weighted by atomic mass is 10.3. The summed E-state index contributed by atoms with van der Waals surface area (Å²) in [5, 5.41) is 10.9. The van der Waals surface area contributed by atoms with Gasteiger partial charge in [-0.25, -0.2) is 4.98 Å². The van der Waals surface area contributed by atoms with E-state index < -0.39 is 0 Å². The summed E-state index contributed by atoms with van der Waals surface area (Å²) in [6, 6.07) is 14.3. The van der Waals surface area contributed by atoms with Gasteiger partial charge in [0.15, 0.2) is 5.82 Å². The molecule has 1 heterocycles. The molecule has 3 rings (SSSR count). The Kier molecular flexibility index (Phi) is 6.38. The number of nitrogens with zero attached hydrogens (tertiary/aromatic N) is 2. The molecule has 1 amide bonds. The third kappa shape index (κ3) is 5.39. The lowest BCUT2D eigenvalue weighted by Crippen LogP contribution is -2.14. The number of nitrogens with one attached hydrogen (secondary N) is 2. The molecule has 0 bridgehead atoms. The van der Waals surface area contributed by atoms with Crippen molar-refractivity contribution in [1.29, 1.82) is 0 Å². The molecule has 6 nitrogen and oxygen atoms in total. The van der Waals surface area contributed by atoms with E-state index in [1.807, 2.05) is 30.3 Å². The highest BCUT2D eigenvalue weighted by atomic mass is 35.5. The minimum Gasteiger partial charge on any atom is -0.486 e. The van der Waals surface area contributed by atoms with E-state index in [0.29, 0.717) is 26.7 Å². The first-order valence-corrected chi connectivity index (χ1v) is 9.31. The highest BCUT2D eigenvalue weighted by Crippen LogP contribution is 2.25. The second-order valence-electron chi connectivity index (χ2n) is 5.13. The van der Waals surface area contributed by atoms with Crippen LogP contribution in [0.15, 0.2) is 53.7 Å². The van der Waals surface area contributed by atoms with Gasteiger partial charge in [0, 0.05) is 5.69 Å². The fourth-order valence-corrected chi connectivity index (χ4v) is 2.89. The number of benzene rings is 2. The summed E-state index contributed by atoms with van der Waals surface area (Å²) in [6.45, 7) is 0.271. The van der Waals surface area contributed by atoms with Crippen LogP contribution in [-0.4, -0.2) is 26.8 Å². The van der Waals surface area contributed by atoms with Gasteiger partial charge in [-0.2, -0.15) is 0 Å². The Labute approximate surface area is 164 Å². The van der Waals surface area contributed by atoms with Crippen LogP contribution in [0.3, 0.4) is 0 Å². The molecular weight excluding hydrogens is 395 g/mol. The minimum atomic E-state index is -0.194. The van der Waals surface area contributed by atoms with E-state index in [1.165, 1.54) is 11.8 Å². The number of carbonyl (C=O) groups excluding carboxylic acids is 1. The summed E-state index contributed by atoms with van der Waals surface area (Å²) >= 11 is 13.0. The van der Waals surface area contributed by atoms with E-state index in [1.54, 1.807) is 18.2 Å². The molecule has 0 unspecified atom stereocenters. The molecule has 2 N–H and O–H groups in total. The van der Waals surface area contributed by atoms with Crippen molar-refractivity contribution >= 4 is 46.6 Å². The van der Waals surface area contributed by atoms with Crippen molar-refractivity contribution in [2.45, 2.75) is 11.8 Å². The third-order valence-corrected chi connectivity index (χ3v) is 4.75. The Morgan fingerprint density at radius 2 is 1.96 bits per heavy atom. The minimum absolute atomic E-state index is 0.164. The fraction of sp³-hybridized carbons (Fsp3) is 0.118. The summed E-state index contributed by atoms with van der Waals surface area (Å²) < 4.78 is 5.59. The molecule has 0 aliphatic rings. The van der Waals surface area contributed by atoms with Crippen molar-refractivity contribution in [3.8, 4) is 5.75 Å². The Balaban J connectivity index is 1.46. The normalized spacial score (nSPS) is 10.5. The van der Waals surface area contributed by atoms with Gasteiger partial charge in [-0.1, -0.05) is 53.2 Å². The molecule has 0 radical (unpaired) electrons. The summed E-state index contributed by atoms with van der Waals surface area (Å²) in [5.74, 6) is 1.30. The molecule has 0 atom stereocenters. The second-order valence-corrected chi connectivity index (χ2v) is 6.89. The number of amides is 1. The number of anilines is 1. The maximum absolute atomic E-state index is 12.0. The Bertz CT molecular complexity index is 889. The van der Waals surface area contributed by atoms with E-state index in [-0.39, 0.29) is 18.3 Å². The quantitative estimate of drug-likeness (QED) is 0.565. The molecule has 2 aromatic carbocycles. The van der Waals surface area contributed by atoms with Crippen molar-refractivity contribution < 1.29 is 9.53 Å². The van der Waals surface area contributed by atoms with Crippen molar-refractivity contribution in [2.24, 2.45) is 0 Å². The van der Waals surface area contributed by atoms with Crippen LogP contribution >= 0.6 is 35.0 Å². The van der Waals surface area contributed by atoms with Gasteiger partial charge < -0.3 is 10.1 Å². The third-order valence-electron chi connectivity index (χ3n) is 3.17. The molecule has 0 aliphatic heterocycles. The fourth-order valence-electron chi connectivity index (χ4n) is 1.98.